The molecule has 1 aromatic heterocycles. The van der Waals surface area contributed by atoms with Gasteiger partial charge >= 0.3 is 5.97 Å². The number of hydrogen-bond acceptors (Lipinski definition) is 5. The maximum absolute atomic E-state index is 12.8. The Balaban J connectivity index is 1.36. The number of ether oxygens (including phenoxy) is 2. The van der Waals surface area contributed by atoms with Crippen molar-refractivity contribution in [2.75, 3.05) is 24.7 Å². The maximum atomic E-state index is 12.8. The number of para-hydroxylation sites is 2. The number of Topliss-reactive ketones (excluding diaryl/α,β-unsaturated/α-hetero) is 1. The predicted octanol–water partition coefficient (Wildman–Crippen LogP) is 3.50. The smallest absolute Gasteiger partial charge is 0.326 e. The van der Waals surface area contributed by atoms with Gasteiger partial charge in [-0.3, -0.25) is 19.3 Å². The molecule has 1 amide bonds. The zero-order valence-electron chi connectivity index (χ0n) is 18.7. The highest BCUT2D eigenvalue weighted by atomic mass is 16.5. The molecule has 33 heavy (non-hydrogen) atoms. The van der Waals surface area contributed by atoms with Gasteiger partial charge in [0.05, 0.1) is 5.69 Å². The third kappa shape index (κ3) is 4.98. The summed E-state index contributed by atoms with van der Waals surface area (Å²) in [4.78, 5) is 38.7. The van der Waals surface area contributed by atoms with Gasteiger partial charge in [0.1, 0.15) is 12.3 Å². The molecule has 0 atom stereocenters. The van der Waals surface area contributed by atoms with Crippen LogP contribution in [0.15, 0.2) is 60.7 Å². The van der Waals surface area contributed by atoms with Crippen LogP contribution >= 0.6 is 0 Å². The van der Waals surface area contributed by atoms with Crippen molar-refractivity contribution in [1.29, 1.82) is 0 Å². The maximum Gasteiger partial charge on any atom is 0.326 e. The number of aryl methyl sites for hydroxylation is 2. The van der Waals surface area contributed by atoms with Gasteiger partial charge in [-0.25, -0.2) is 0 Å². The van der Waals surface area contributed by atoms with Gasteiger partial charge in [-0.1, -0.05) is 42.5 Å². The average Bonchev–Trinajstić information content (AvgIpc) is 3.12. The monoisotopic (exact) mass is 446 g/mol. The molecule has 3 aromatic rings. The van der Waals surface area contributed by atoms with Crippen LogP contribution in [0.1, 0.15) is 27.3 Å². The number of fused-ring (bicyclic) bond motifs is 1. The topological polar surface area (TPSA) is 77.8 Å². The Bertz CT molecular complexity index is 1180. The molecule has 7 heteroatoms. The normalized spacial score (nSPS) is 12.8. The highest BCUT2D eigenvalue weighted by molar-refractivity contribution is 6.02. The lowest BCUT2D eigenvalue weighted by molar-refractivity contribution is -0.142. The van der Waals surface area contributed by atoms with Crippen molar-refractivity contribution in [3.8, 4) is 5.75 Å². The van der Waals surface area contributed by atoms with E-state index in [1.807, 2.05) is 38.1 Å². The summed E-state index contributed by atoms with van der Waals surface area (Å²) in [5.41, 5.74) is 4.11. The first kappa shape index (κ1) is 22.3. The number of nitrogens with zero attached hydrogens (tertiary/aromatic N) is 2. The van der Waals surface area contributed by atoms with Crippen LogP contribution in [-0.4, -0.2) is 42.0 Å². The minimum atomic E-state index is -0.647. The zero-order valence-corrected chi connectivity index (χ0v) is 18.7. The van der Waals surface area contributed by atoms with E-state index in [-0.39, 0.29) is 31.4 Å². The van der Waals surface area contributed by atoms with Crippen molar-refractivity contribution in [3.63, 3.8) is 0 Å². The minimum absolute atomic E-state index is 0.141. The lowest BCUT2D eigenvalue weighted by atomic mass is 10.1. The molecule has 0 fully saturated rings. The lowest BCUT2D eigenvalue weighted by Gasteiger charge is -2.28. The minimum Gasteiger partial charge on any atom is -0.482 e. The molecule has 170 valence electrons. The van der Waals surface area contributed by atoms with E-state index < -0.39 is 5.97 Å². The first-order chi connectivity index (χ1) is 15.9. The van der Waals surface area contributed by atoms with Crippen LogP contribution < -0.4 is 9.64 Å². The van der Waals surface area contributed by atoms with E-state index in [1.54, 1.807) is 24.3 Å². The number of amides is 1. The highest BCUT2D eigenvalue weighted by Gasteiger charge is 2.28. The average molecular weight is 447 g/mol. The second-order valence-electron chi connectivity index (χ2n) is 7.99. The standard InChI is InChI=1S/C26H26N2O5/c1-18-14-21(19(2)27(18)13-12-20-8-4-3-5-9-20)23(29)16-33-26(31)15-28-22-10-6-7-11-24(22)32-17-25(28)30/h3-11,14H,12-13,15-17H2,1-2H3. The van der Waals surface area contributed by atoms with Crippen LogP contribution in [0.4, 0.5) is 5.69 Å². The number of aromatic nitrogens is 1. The number of anilines is 1. The molecule has 1 aliphatic rings. The molecule has 0 saturated carbocycles. The van der Waals surface area contributed by atoms with Crippen LogP contribution in [0.3, 0.4) is 0 Å². The van der Waals surface area contributed by atoms with Crippen LogP contribution in [0.5, 0.6) is 5.75 Å². The Kier molecular flexibility index (Phi) is 6.58. The van der Waals surface area contributed by atoms with Gasteiger partial charge in [-0.15, -0.1) is 0 Å². The van der Waals surface area contributed by atoms with Gasteiger partial charge in [0.25, 0.3) is 5.91 Å². The molecular formula is C26H26N2O5. The molecule has 0 bridgehead atoms. The van der Waals surface area contributed by atoms with Crippen LogP contribution in [-0.2, 0) is 27.3 Å². The molecule has 0 N–H and O–H groups in total. The molecule has 0 aliphatic carbocycles. The number of esters is 1. The van der Waals surface area contributed by atoms with Crippen LogP contribution in [0, 0.1) is 13.8 Å². The van der Waals surface area contributed by atoms with Gasteiger partial charge in [0.2, 0.25) is 5.78 Å². The van der Waals surface area contributed by atoms with Crippen molar-refractivity contribution in [2.24, 2.45) is 0 Å². The highest BCUT2D eigenvalue weighted by Crippen LogP contribution is 2.31. The molecule has 4 rings (SSSR count). The number of benzene rings is 2. The summed E-state index contributed by atoms with van der Waals surface area (Å²) < 4.78 is 12.7. The molecule has 0 saturated heterocycles. The summed E-state index contributed by atoms with van der Waals surface area (Å²) >= 11 is 0. The van der Waals surface area contributed by atoms with E-state index in [4.69, 9.17) is 9.47 Å². The van der Waals surface area contributed by atoms with Crippen LogP contribution in [0.25, 0.3) is 0 Å². The Hall–Kier alpha value is -3.87. The Labute approximate surface area is 192 Å². The molecule has 2 aromatic carbocycles. The summed E-state index contributed by atoms with van der Waals surface area (Å²) in [6, 6.07) is 19.0. The van der Waals surface area contributed by atoms with Crippen molar-refractivity contribution < 1.29 is 23.9 Å². The third-order valence-corrected chi connectivity index (χ3v) is 5.80. The van der Waals surface area contributed by atoms with Crippen molar-refractivity contribution >= 4 is 23.3 Å². The Morgan fingerprint density at radius 2 is 1.76 bits per heavy atom. The Morgan fingerprint density at radius 3 is 2.55 bits per heavy atom. The van der Waals surface area contributed by atoms with E-state index in [1.165, 1.54) is 10.5 Å². The second kappa shape index (κ2) is 9.73. The SMILES string of the molecule is Cc1cc(C(=O)COC(=O)CN2C(=O)COc3ccccc32)c(C)n1CCc1ccccc1. The first-order valence-electron chi connectivity index (χ1n) is 10.9. The fourth-order valence-corrected chi connectivity index (χ4v) is 4.04. The van der Waals surface area contributed by atoms with Crippen molar-refractivity contribution in [2.45, 2.75) is 26.8 Å². The van der Waals surface area contributed by atoms with Gasteiger partial charge in [-0.05, 0) is 44.0 Å². The fraction of sp³-hybridized carbons (Fsp3) is 0.269. The zero-order chi connectivity index (χ0) is 23.4. The molecule has 0 unspecified atom stereocenters. The molecule has 0 radical (unpaired) electrons. The van der Waals surface area contributed by atoms with Crippen molar-refractivity contribution in [3.05, 3.63) is 83.2 Å². The molecule has 2 heterocycles. The van der Waals surface area contributed by atoms with Crippen LogP contribution in [0.2, 0.25) is 0 Å². The predicted molar refractivity (Wildman–Crippen MR) is 124 cm³/mol. The van der Waals surface area contributed by atoms with Gasteiger partial charge in [0, 0.05) is 23.5 Å². The van der Waals surface area contributed by atoms with Gasteiger partial charge in [0.15, 0.2) is 13.2 Å². The van der Waals surface area contributed by atoms with E-state index >= 15 is 0 Å². The summed E-state index contributed by atoms with van der Waals surface area (Å²) in [6.07, 6.45) is 0.856. The number of carbonyl (C=O) groups excluding carboxylic acids is 3. The molecule has 0 spiro atoms. The van der Waals surface area contributed by atoms with E-state index in [0.29, 0.717) is 17.0 Å². The summed E-state index contributed by atoms with van der Waals surface area (Å²) in [5.74, 6) is -0.717. The van der Waals surface area contributed by atoms with Gasteiger partial charge in [-0.2, -0.15) is 0 Å². The number of carbonyl (C=O) groups is 3. The van der Waals surface area contributed by atoms with E-state index in [2.05, 4.69) is 16.7 Å². The number of hydrogen-bond donors (Lipinski definition) is 0. The number of ketones is 1. The van der Waals surface area contributed by atoms with Gasteiger partial charge < -0.3 is 14.0 Å². The molecular weight excluding hydrogens is 420 g/mol. The van der Waals surface area contributed by atoms with E-state index in [0.717, 1.165) is 24.4 Å². The molecule has 7 nitrogen and oxygen atoms in total. The quantitative estimate of drug-likeness (QED) is 0.391. The molecule has 1 aliphatic heterocycles. The number of rotatable bonds is 8. The largest absolute Gasteiger partial charge is 0.482 e. The Morgan fingerprint density at radius 1 is 1.03 bits per heavy atom. The third-order valence-electron chi connectivity index (χ3n) is 5.80. The van der Waals surface area contributed by atoms with E-state index in [9.17, 15) is 14.4 Å². The summed E-state index contributed by atoms with van der Waals surface area (Å²) in [5, 5.41) is 0. The van der Waals surface area contributed by atoms with Crippen molar-refractivity contribution in [1.82, 2.24) is 4.57 Å². The lowest BCUT2D eigenvalue weighted by Crippen LogP contribution is -2.42. The summed E-state index contributed by atoms with van der Waals surface area (Å²) in [6.45, 7) is 3.83. The fourth-order valence-electron chi connectivity index (χ4n) is 4.04. The second-order valence-corrected chi connectivity index (χ2v) is 7.99. The first-order valence-corrected chi connectivity index (χ1v) is 10.9. The summed E-state index contributed by atoms with van der Waals surface area (Å²) in [7, 11) is 0.